The second-order valence-electron chi connectivity index (χ2n) is 4.24. The highest BCUT2D eigenvalue weighted by Crippen LogP contribution is 2.20. The number of rotatable bonds is 5. The van der Waals surface area contributed by atoms with Crippen molar-refractivity contribution in [2.45, 2.75) is 45.6 Å². The zero-order valence-electron chi connectivity index (χ0n) is 11.1. The van der Waals surface area contributed by atoms with Crippen molar-refractivity contribution in [3.05, 3.63) is 11.9 Å². The summed E-state index contributed by atoms with van der Waals surface area (Å²) < 4.78 is 27.8. The summed E-state index contributed by atoms with van der Waals surface area (Å²) in [5, 5.41) is 4.24. The Bertz CT molecular complexity index is 473. The smallest absolute Gasteiger partial charge is 0.246 e. The highest BCUT2D eigenvalue weighted by molar-refractivity contribution is 7.89. The quantitative estimate of drug-likeness (QED) is 0.810. The molecule has 0 fully saturated rings. The fourth-order valence-electron chi connectivity index (χ4n) is 1.69. The Morgan fingerprint density at radius 2 is 1.88 bits per heavy atom. The van der Waals surface area contributed by atoms with Gasteiger partial charge in [0.25, 0.3) is 0 Å². The molecule has 1 heterocycles. The Kier molecular flexibility index (Phi) is 4.32. The molecule has 0 aromatic carbocycles. The molecule has 1 aromatic heterocycles. The van der Waals surface area contributed by atoms with Gasteiger partial charge in [-0.2, -0.15) is 9.40 Å². The minimum atomic E-state index is -3.39. The van der Waals surface area contributed by atoms with Gasteiger partial charge in [0, 0.05) is 25.3 Å². The third kappa shape index (κ3) is 2.69. The van der Waals surface area contributed by atoms with Gasteiger partial charge in [0.05, 0.1) is 5.69 Å². The summed E-state index contributed by atoms with van der Waals surface area (Å²) in [7, 11) is -3.39. The number of aryl methyl sites for hydroxylation is 1. The first-order valence-electron chi connectivity index (χ1n) is 5.90. The molecule has 0 radical (unpaired) electrons. The van der Waals surface area contributed by atoms with Gasteiger partial charge in [-0.1, -0.05) is 13.8 Å². The fraction of sp³-hybridized carbons (Fsp3) is 0.727. The minimum Gasteiger partial charge on any atom is -0.269 e. The van der Waals surface area contributed by atoms with Gasteiger partial charge < -0.3 is 0 Å². The Labute approximate surface area is 103 Å². The first kappa shape index (κ1) is 14.2. The van der Waals surface area contributed by atoms with Crippen molar-refractivity contribution in [2.75, 3.05) is 13.1 Å². The van der Waals surface area contributed by atoms with Crippen LogP contribution >= 0.6 is 0 Å². The highest BCUT2D eigenvalue weighted by atomic mass is 32.2. The van der Waals surface area contributed by atoms with Gasteiger partial charge in [0.2, 0.25) is 10.0 Å². The molecular weight excluding hydrogens is 238 g/mol. The SMILES string of the molecule is CCN(CC)S(=O)(=O)c1cn(C(C)C)nc1C. The Morgan fingerprint density at radius 1 is 1.35 bits per heavy atom. The van der Waals surface area contributed by atoms with E-state index in [1.165, 1.54) is 4.31 Å². The van der Waals surface area contributed by atoms with Crippen molar-refractivity contribution in [1.29, 1.82) is 0 Å². The maximum absolute atomic E-state index is 12.3. The number of sulfonamides is 1. The summed E-state index contributed by atoms with van der Waals surface area (Å²) in [6, 6.07) is 0.161. The molecule has 1 rings (SSSR count). The lowest BCUT2D eigenvalue weighted by Crippen LogP contribution is -2.30. The van der Waals surface area contributed by atoms with Crippen molar-refractivity contribution >= 4 is 10.0 Å². The zero-order valence-corrected chi connectivity index (χ0v) is 12.0. The van der Waals surface area contributed by atoms with E-state index in [1.54, 1.807) is 17.8 Å². The molecule has 0 N–H and O–H groups in total. The van der Waals surface area contributed by atoms with Crippen LogP contribution < -0.4 is 0 Å². The van der Waals surface area contributed by atoms with E-state index in [9.17, 15) is 8.42 Å². The molecule has 0 amide bonds. The monoisotopic (exact) mass is 259 g/mol. The van der Waals surface area contributed by atoms with Gasteiger partial charge >= 0.3 is 0 Å². The molecule has 0 aliphatic heterocycles. The van der Waals surface area contributed by atoms with Crippen LogP contribution in [0.25, 0.3) is 0 Å². The third-order valence-electron chi connectivity index (χ3n) is 2.72. The largest absolute Gasteiger partial charge is 0.269 e. The number of aromatic nitrogens is 2. The maximum atomic E-state index is 12.3. The van der Waals surface area contributed by atoms with Crippen LogP contribution in [-0.2, 0) is 10.0 Å². The van der Waals surface area contributed by atoms with Crippen LogP contribution in [0.15, 0.2) is 11.1 Å². The average molecular weight is 259 g/mol. The van der Waals surface area contributed by atoms with Crippen LogP contribution in [0.4, 0.5) is 0 Å². The van der Waals surface area contributed by atoms with Crippen LogP contribution in [0.5, 0.6) is 0 Å². The minimum absolute atomic E-state index is 0.161. The van der Waals surface area contributed by atoms with E-state index in [2.05, 4.69) is 5.10 Å². The summed E-state index contributed by atoms with van der Waals surface area (Å²) >= 11 is 0. The van der Waals surface area contributed by atoms with Crippen molar-refractivity contribution in [3.8, 4) is 0 Å². The second-order valence-corrected chi connectivity index (χ2v) is 6.15. The summed E-state index contributed by atoms with van der Waals surface area (Å²) in [5.41, 5.74) is 0.561. The predicted molar refractivity (Wildman–Crippen MR) is 67.5 cm³/mol. The van der Waals surface area contributed by atoms with Gasteiger partial charge in [-0.3, -0.25) is 4.68 Å². The Morgan fingerprint density at radius 3 is 2.24 bits per heavy atom. The molecule has 0 bridgehead atoms. The van der Waals surface area contributed by atoms with Crippen LogP contribution in [0.1, 0.15) is 39.4 Å². The molecule has 98 valence electrons. The molecule has 0 aliphatic rings. The lowest BCUT2D eigenvalue weighted by molar-refractivity contribution is 0.444. The summed E-state index contributed by atoms with van der Waals surface area (Å²) in [5.74, 6) is 0. The van der Waals surface area contributed by atoms with Crippen LogP contribution in [0, 0.1) is 6.92 Å². The first-order chi connectivity index (χ1) is 7.84. The molecule has 0 aliphatic carbocycles. The lowest BCUT2D eigenvalue weighted by Gasteiger charge is -2.17. The average Bonchev–Trinajstić information content (AvgIpc) is 2.62. The van der Waals surface area contributed by atoms with Crippen molar-refractivity contribution in [3.63, 3.8) is 0 Å². The molecule has 1 aromatic rings. The lowest BCUT2D eigenvalue weighted by atomic mass is 10.4. The molecule has 0 atom stereocenters. The molecule has 0 unspecified atom stereocenters. The van der Waals surface area contributed by atoms with Crippen LogP contribution in [0.3, 0.4) is 0 Å². The van der Waals surface area contributed by atoms with Gasteiger partial charge in [-0.15, -0.1) is 0 Å². The molecule has 0 saturated heterocycles. The van der Waals surface area contributed by atoms with E-state index in [4.69, 9.17) is 0 Å². The van der Waals surface area contributed by atoms with E-state index in [-0.39, 0.29) is 6.04 Å². The van der Waals surface area contributed by atoms with Crippen molar-refractivity contribution < 1.29 is 8.42 Å². The van der Waals surface area contributed by atoms with Gasteiger partial charge in [-0.05, 0) is 20.8 Å². The van der Waals surface area contributed by atoms with Gasteiger partial charge in [-0.25, -0.2) is 8.42 Å². The molecule has 0 spiro atoms. The molecule has 0 saturated carbocycles. The van der Waals surface area contributed by atoms with E-state index < -0.39 is 10.0 Å². The molecular formula is C11H21N3O2S. The number of nitrogens with zero attached hydrogens (tertiary/aromatic N) is 3. The predicted octanol–water partition coefficient (Wildman–Crippen LogP) is 1.80. The molecule has 5 nitrogen and oxygen atoms in total. The van der Waals surface area contributed by atoms with Crippen LogP contribution in [0.2, 0.25) is 0 Å². The topological polar surface area (TPSA) is 55.2 Å². The number of hydrogen-bond donors (Lipinski definition) is 0. The first-order valence-corrected chi connectivity index (χ1v) is 7.34. The van der Waals surface area contributed by atoms with Crippen molar-refractivity contribution in [2.24, 2.45) is 0 Å². The highest BCUT2D eigenvalue weighted by Gasteiger charge is 2.26. The molecule has 17 heavy (non-hydrogen) atoms. The van der Waals surface area contributed by atoms with E-state index in [1.807, 2.05) is 27.7 Å². The fourth-order valence-corrected chi connectivity index (χ4v) is 3.30. The Balaban J connectivity index is 3.24. The summed E-state index contributed by atoms with van der Waals surface area (Å²) in [6.45, 7) is 10.3. The van der Waals surface area contributed by atoms with E-state index in [0.717, 1.165) is 0 Å². The van der Waals surface area contributed by atoms with Gasteiger partial charge in [0.15, 0.2) is 0 Å². The number of hydrogen-bond acceptors (Lipinski definition) is 3. The summed E-state index contributed by atoms with van der Waals surface area (Å²) in [4.78, 5) is 0.315. The second kappa shape index (κ2) is 5.18. The third-order valence-corrected chi connectivity index (χ3v) is 4.88. The van der Waals surface area contributed by atoms with Gasteiger partial charge in [0.1, 0.15) is 4.90 Å². The van der Waals surface area contributed by atoms with Crippen molar-refractivity contribution in [1.82, 2.24) is 14.1 Å². The molecule has 6 heteroatoms. The van der Waals surface area contributed by atoms with E-state index in [0.29, 0.717) is 23.7 Å². The summed E-state index contributed by atoms with van der Waals surface area (Å²) in [6.07, 6.45) is 1.62. The van der Waals surface area contributed by atoms with Crippen LogP contribution in [-0.4, -0.2) is 35.6 Å². The zero-order chi connectivity index (χ0) is 13.2. The maximum Gasteiger partial charge on any atom is 0.246 e. The normalized spacial score (nSPS) is 12.6. The van der Waals surface area contributed by atoms with E-state index >= 15 is 0 Å². The standard InChI is InChI=1S/C11H21N3O2S/c1-6-13(7-2)17(15,16)11-8-14(9(3)4)12-10(11)5/h8-9H,6-7H2,1-5H3. The Hall–Kier alpha value is -0.880.